The molecule has 0 bridgehead atoms. The summed E-state index contributed by atoms with van der Waals surface area (Å²) in [6.07, 6.45) is 1.94. The number of hydrogen-bond acceptors (Lipinski definition) is 2. The van der Waals surface area contributed by atoms with Crippen LogP contribution < -0.4 is 4.74 Å². The normalized spacial score (nSPS) is 13.5. The molecule has 0 atom stereocenters. The van der Waals surface area contributed by atoms with E-state index < -0.39 is 0 Å². The van der Waals surface area contributed by atoms with Gasteiger partial charge in [-0.2, -0.15) is 0 Å². The first-order valence-electron chi connectivity index (χ1n) is 6.72. The Morgan fingerprint density at radius 2 is 2.05 bits per heavy atom. The van der Waals surface area contributed by atoms with Gasteiger partial charge in [-0.15, -0.1) is 0 Å². The van der Waals surface area contributed by atoms with Crippen molar-refractivity contribution in [2.75, 3.05) is 6.61 Å². The first kappa shape index (κ1) is 12.9. The van der Waals surface area contributed by atoms with Crippen LogP contribution in [0.2, 0.25) is 0 Å². The van der Waals surface area contributed by atoms with E-state index >= 15 is 0 Å². The first-order chi connectivity index (χ1) is 9.65. The number of ether oxygens (including phenoxy) is 1. The standard InChI is InChI=1S/C17H15FO2/c1-11(19)15-6-5-14(18)10-16(15)12-4-7-17-13(9-12)3-2-8-20-17/h4-7,9-10H,2-3,8H2,1H3. The molecule has 0 saturated heterocycles. The van der Waals surface area contributed by atoms with Crippen LogP contribution >= 0.6 is 0 Å². The minimum absolute atomic E-state index is 0.0611. The lowest BCUT2D eigenvalue weighted by Crippen LogP contribution is -2.08. The molecule has 1 aliphatic heterocycles. The van der Waals surface area contributed by atoms with Crippen molar-refractivity contribution >= 4 is 5.78 Å². The topological polar surface area (TPSA) is 26.3 Å². The Morgan fingerprint density at radius 1 is 1.20 bits per heavy atom. The van der Waals surface area contributed by atoms with Crippen LogP contribution in [-0.2, 0) is 6.42 Å². The van der Waals surface area contributed by atoms with Crippen LogP contribution in [0.25, 0.3) is 11.1 Å². The Bertz CT molecular complexity index is 677. The quantitative estimate of drug-likeness (QED) is 0.770. The van der Waals surface area contributed by atoms with E-state index in [0.717, 1.165) is 36.3 Å². The molecule has 1 aliphatic rings. The SMILES string of the molecule is CC(=O)c1ccc(F)cc1-c1ccc2c(c1)CCCO2. The predicted octanol–water partition coefficient (Wildman–Crippen LogP) is 4.02. The third kappa shape index (κ3) is 2.31. The van der Waals surface area contributed by atoms with Crippen molar-refractivity contribution in [3.05, 3.63) is 53.3 Å². The zero-order valence-electron chi connectivity index (χ0n) is 11.3. The smallest absolute Gasteiger partial charge is 0.160 e. The number of aryl methyl sites for hydroxylation is 1. The fourth-order valence-electron chi connectivity index (χ4n) is 2.59. The summed E-state index contributed by atoms with van der Waals surface area (Å²) in [4.78, 5) is 11.7. The molecule has 3 rings (SSSR count). The first-order valence-corrected chi connectivity index (χ1v) is 6.72. The summed E-state index contributed by atoms with van der Waals surface area (Å²) in [5.74, 6) is 0.494. The molecular weight excluding hydrogens is 255 g/mol. The largest absolute Gasteiger partial charge is 0.493 e. The van der Waals surface area contributed by atoms with E-state index in [1.54, 1.807) is 6.07 Å². The van der Waals surface area contributed by atoms with Gasteiger partial charge < -0.3 is 4.74 Å². The van der Waals surface area contributed by atoms with Crippen molar-refractivity contribution in [3.8, 4) is 16.9 Å². The molecule has 0 saturated carbocycles. The maximum atomic E-state index is 13.5. The zero-order chi connectivity index (χ0) is 14.1. The van der Waals surface area contributed by atoms with Crippen LogP contribution in [0.5, 0.6) is 5.75 Å². The summed E-state index contributed by atoms with van der Waals surface area (Å²) >= 11 is 0. The molecular formula is C17H15FO2. The second-order valence-electron chi connectivity index (χ2n) is 5.02. The molecule has 0 unspecified atom stereocenters. The molecule has 20 heavy (non-hydrogen) atoms. The number of rotatable bonds is 2. The molecule has 2 aromatic carbocycles. The van der Waals surface area contributed by atoms with Crippen LogP contribution in [0.15, 0.2) is 36.4 Å². The molecule has 2 aromatic rings. The van der Waals surface area contributed by atoms with Gasteiger partial charge in [0.05, 0.1) is 6.61 Å². The molecule has 0 aliphatic carbocycles. The molecule has 0 aromatic heterocycles. The Morgan fingerprint density at radius 3 is 2.85 bits per heavy atom. The molecule has 0 amide bonds. The fraction of sp³-hybridized carbons (Fsp3) is 0.235. The molecule has 0 radical (unpaired) electrons. The van der Waals surface area contributed by atoms with Gasteiger partial charge in [0, 0.05) is 5.56 Å². The Balaban J connectivity index is 2.13. The fourth-order valence-corrected chi connectivity index (χ4v) is 2.59. The summed E-state index contributed by atoms with van der Waals surface area (Å²) in [7, 11) is 0. The van der Waals surface area contributed by atoms with E-state index in [9.17, 15) is 9.18 Å². The summed E-state index contributed by atoms with van der Waals surface area (Å²) < 4.78 is 19.1. The van der Waals surface area contributed by atoms with E-state index in [1.165, 1.54) is 19.1 Å². The Kier molecular flexibility index (Phi) is 3.26. The third-order valence-corrected chi connectivity index (χ3v) is 3.58. The zero-order valence-corrected chi connectivity index (χ0v) is 11.3. The number of carbonyl (C=O) groups is 1. The maximum Gasteiger partial charge on any atom is 0.160 e. The number of ketones is 1. The average Bonchev–Trinajstić information content (AvgIpc) is 2.46. The number of Topliss-reactive ketones (excluding diaryl/α,β-unsaturated/α-hetero) is 1. The van der Waals surface area contributed by atoms with Crippen molar-refractivity contribution < 1.29 is 13.9 Å². The van der Waals surface area contributed by atoms with E-state index in [1.807, 2.05) is 18.2 Å². The van der Waals surface area contributed by atoms with Gasteiger partial charge in [0.1, 0.15) is 11.6 Å². The second kappa shape index (κ2) is 5.08. The highest BCUT2D eigenvalue weighted by Gasteiger charge is 2.14. The Labute approximate surface area is 117 Å². The van der Waals surface area contributed by atoms with Crippen LogP contribution in [0.4, 0.5) is 4.39 Å². The number of benzene rings is 2. The van der Waals surface area contributed by atoms with E-state index in [-0.39, 0.29) is 11.6 Å². The highest BCUT2D eigenvalue weighted by Crippen LogP contribution is 2.32. The van der Waals surface area contributed by atoms with Crippen LogP contribution in [0.1, 0.15) is 29.3 Å². The summed E-state index contributed by atoms with van der Waals surface area (Å²) in [6, 6.07) is 10.1. The summed E-state index contributed by atoms with van der Waals surface area (Å²) in [6.45, 7) is 2.24. The lowest BCUT2D eigenvalue weighted by atomic mass is 9.94. The molecule has 0 N–H and O–H groups in total. The highest BCUT2D eigenvalue weighted by atomic mass is 19.1. The van der Waals surface area contributed by atoms with Crippen LogP contribution in [-0.4, -0.2) is 12.4 Å². The molecule has 1 heterocycles. The van der Waals surface area contributed by atoms with Gasteiger partial charge in [-0.05, 0) is 66.8 Å². The van der Waals surface area contributed by atoms with Crippen molar-refractivity contribution in [1.29, 1.82) is 0 Å². The van der Waals surface area contributed by atoms with Crippen molar-refractivity contribution in [1.82, 2.24) is 0 Å². The van der Waals surface area contributed by atoms with Crippen LogP contribution in [0, 0.1) is 5.82 Å². The molecule has 0 fully saturated rings. The second-order valence-corrected chi connectivity index (χ2v) is 5.02. The van der Waals surface area contributed by atoms with Gasteiger partial charge in [-0.1, -0.05) is 6.07 Å². The highest BCUT2D eigenvalue weighted by molar-refractivity contribution is 6.00. The van der Waals surface area contributed by atoms with Gasteiger partial charge in [-0.25, -0.2) is 4.39 Å². The Hall–Kier alpha value is -2.16. The van der Waals surface area contributed by atoms with Crippen molar-refractivity contribution in [3.63, 3.8) is 0 Å². The van der Waals surface area contributed by atoms with Gasteiger partial charge in [-0.3, -0.25) is 4.79 Å². The number of halogens is 1. The average molecular weight is 270 g/mol. The lowest BCUT2D eigenvalue weighted by molar-refractivity contribution is 0.101. The van der Waals surface area contributed by atoms with Crippen LogP contribution in [0.3, 0.4) is 0 Å². The van der Waals surface area contributed by atoms with Gasteiger partial charge in [0.15, 0.2) is 5.78 Å². The molecule has 0 spiro atoms. The lowest BCUT2D eigenvalue weighted by Gasteiger charge is -2.18. The van der Waals surface area contributed by atoms with E-state index in [4.69, 9.17) is 4.74 Å². The van der Waals surface area contributed by atoms with Gasteiger partial charge in [0.25, 0.3) is 0 Å². The monoisotopic (exact) mass is 270 g/mol. The third-order valence-electron chi connectivity index (χ3n) is 3.58. The summed E-state index contributed by atoms with van der Waals surface area (Å²) in [5.41, 5.74) is 3.17. The minimum Gasteiger partial charge on any atom is -0.493 e. The van der Waals surface area contributed by atoms with E-state index in [0.29, 0.717) is 11.1 Å². The van der Waals surface area contributed by atoms with Crippen molar-refractivity contribution in [2.45, 2.75) is 19.8 Å². The van der Waals surface area contributed by atoms with E-state index in [2.05, 4.69) is 0 Å². The molecule has 2 nitrogen and oxygen atoms in total. The van der Waals surface area contributed by atoms with Gasteiger partial charge >= 0.3 is 0 Å². The molecule has 3 heteroatoms. The molecule has 102 valence electrons. The maximum absolute atomic E-state index is 13.5. The number of fused-ring (bicyclic) bond motifs is 1. The minimum atomic E-state index is -0.334. The predicted molar refractivity (Wildman–Crippen MR) is 75.7 cm³/mol. The number of carbonyl (C=O) groups excluding carboxylic acids is 1. The summed E-state index contributed by atoms with van der Waals surface area (Å²) in [5, 5.41) is 0. The number of hydrogen-bond donors (Lipinski definition) is 0. The van der Waals surface area contributed by atoms with Crippen molar-refractivity contribution in [2.24, 2.45) is 0 Å². The van der Waals surface area contributed by atoms with Gasteiger partial charge in [0.2, 0.25) is 0 Å².